The van der Waals surface area contributed by atoms with Crippen molar-refractivity contribution in [1.29, 1.82) is 0 Å². The number of ether oxygens (including phenoxy) is 4. The lowest BCUT2D eigenvalue weighted by Gasteiger charge is -2.13. The van der Waals surface area contributed by atoms with Crippen molar-refractivity contribution in [2.45, 2.75) is 0 Å². The first-order valence-corrected chi connectivity index (χ1v) is 8.19. The second kappa shape index (κ2) is 9.24. The van der Waals surface area contributed by atoms with Gasteiger partial charge in [0.25, 0.3) is 5.91 Å². The lowest BCUT2D eigenvalue weighted by atomic mass is 10.2. The van der Waals surface area contributed by atoms with Crippen LogP contribution >= 0.6 is 15.9 Å². The van der Waals surface area contributed by atoms with E-state index in [0.29, 0.717) is 46.3 Å². The summed E-state index contributed by atoms with van der Waals surface area (Å²) in [6.07, 6.45) is 1.59. The molecule has 0 aliphatic heterocycles. The van der Waals surface area contributed by atoms with Crippen LogP contribution in [-0.2, 0) is 4.74 Å². The number of methoxy groups -OCH3 is 3. The molecule has 0 unspecified atom stereocenters. The summed E-state index contributed by atoms with van der Waals surface area (Å²) < 4.78 is 21.6. The second-order valence-electron chi connectivity index (χ2n) is 4.85. The first-order valence-electron chi connectivity index (χ1n) is 7.40. The van der Waals surface area contributed by atoms with Crippen molar-refractivity contribution in [1.82, 2.24) is 4.98 Å². The highest BCUT2D eigenvalue weighted by atomic mass is 79.9. The van der Waals surface area contributed by atoms with E-state index >= 15 is 0 Å². The van der Waals surface area contributed by atoms with Crippen molar-refractivity contribution < 1.29 is 23.7 Å². The van der Waals surface area contributed by atoms with E-state index in [9.17, 15) is 4.79 Å². The number of hydrogen-bond donors (Lipinski definition) is 1. The minimum atomic E-state index is -0.339. The first kappa shape index (κ1) is 19.0. The third-order valence-electron chi connectivity index (χ3n) is 3.25. The van der Waals surface area contributed by atoms with Gasteiger partial charge >= 0.3 is 0 Å². The molecular weight excluding hydrogens is 392 g/mol. The van der Waals surface area contributed by atoms with Gasteiger partial charge in [-0.1, -0.05) is 0 Å². The molecule has 0 saturated carbocycles. The summed E-state index contributed by atoms with van der Waals surface area (Å²) in [5.74, 6) is 0.970. The highest BCUT2D eigenvalue weighted by molar-refractivity contribution is 9.10. The number of pyridine rings is 1. The van der Waals surface area contributed by atoms with Crippen molar-refractivity contribution in [3.8, 4) is 17.4 Å². The molecule has 0 aliphatic carbocycles. The summed E-state index contributed by atoms with van der Waals surface area (Å²) in [6.45, 7) is 0.751. The van der Waals surface area contributed by atoms with Crippen molar-refractivity contribution >= 4 is 27.5 Å². The lowest BCUT2D eigenvalue weighted by Crippen LogP contribution is -2.15. The van der Waals surface area contributed by atoms with Crippen LogP contribution in [0.25, 0.3) is 0 Å². The highest BCUT2D eigenvalue weighted by Crippen LogP contribution is 2.36. The molecule has 0 bridgehead atoms. The van der Waals surface area contributed by atoms with Crippen molar-refractivity contribution in [2.75, 3.05) is 39.9 Å². The van der Waals surface area contributed by atoms with Crippen LogP contribution in [0.4, 0.5) is 5.69 Å². The van der Waals surface area contributed by atoms with E-state index in [2.05, 4.69) is 26.2 Å². The minimum absolute atomic E-state index is 0.323. The van der Waals surface area contributed by atoms with Crippen LogP contribution in [-0.4, -0.2) is 45.4 Å². The molecule has 0 fully saturated rings. The summed E-state index contributed by atoms with van der Waals surface area (Å²) in [5.41, 5.74) is 0.841. The van der Waals surface area contributed by atoms with Crippen molar-refractivity contribution in [3.63, 3.8) is 0 Å². The molecule has 1 N–H and O–H groups in total. The summed E-state index contributed by atoms with van der Waals surface area (Å²) in [7, 11) is 4.62. The first-order chi connectivity index (χ1) is 12.1. The molecule has 1 amide bonds. The molecule has 1 aromatic carbocycles. The topological polar surface area (TPSA) is 78.9 Å². The number of carbonyl (C=O) groups is 1. The molecule has 8 heteroatoms. The molecule has 0 radical (unpaired) electrons. The molecule has 7 nitrogen and oxygen atoms in total. The number of aromatic nitrogens is 1. The Morgan fingerprint density at radius 3 is 2.44 bits per heavy atom. The standard InChI is InChI=1S/C17H19BrN2O5/c1-22-7-8-25-17-12(5-4-6-19-17)20-16(21)11-9-13(23-2)15(18)14(10-11)24-3/h4-6,9-10H,7-8H2,1-3H3,(H,20,21). The van der Waals surface area contributed by atoms with Gasteiger partial charge in [0.1, 0.15) is 28.3 Å². The number of nitrogens with one attached hydrogen (secondary N) is 1. The van der Waals surface area contributed by atoms with Gasteiger partial charge in [-0.05, 0) is 40.2 Å². The zero-order valence-electron chi connectivity index (χ0n) is 14.2. The van der Waals surface area contributed by atoms with Gasteiger partial charge < -0.3 is 24.3 Å². The fourth-order valence-electron chi connectivity index (χ4n) is 2.02. The van der Waals surface area contributed by atoms with E-state index in [0.717, 1.165) is 0 Å². The molecule has 134 valence electrons. The maximum absolute atomic E-state index is 12.6. The van der Waals surface area contributed by atoms with Crippen LogP contribution in [0.2, 0.25) is 0 Å². The molecule has 1 heterocycles. The van der Waals surface area contributed by atoms with Crippen LogP contribution in [0.1, 0.15) is 10.4 Å². The number of benzene rings is 1. The van der Waals surface area contributed by atoms with Crippen LogP contribution in [0.5, 0.6) is 17.4 Å². The van der Waals surface area contributed by atoms with E-state index in [1.807, 2.05) is 0 Å². The Balaban J connectivity index is 2.23. The number of amides is 1. The Hall–Kier alpha value is -2.32. The average molecular weight is 411 g/mol. The van der Waals surface area contributed by atoms with Gasteiger partial charge in [0.05, 0.1) is 20.8 Å². The fourth-order valence-corrected chi connectivity index (χ4v) is 2.57. The summed E-state index contributed by atoms with van der Waals surface area (Å²) >= 11 is 3.38. The Morgan fingerprint density at radius 2 is 1.84 bits per heavy atom. The largest absolute Gasteiger partial charge is 0.495 e. The summed E-state index contributed by atoms with van der Waals surface area (Å²) in [6, 6.07) is 6.65. The second-order valence-corrected chi connectivity index (χ2v) is 5.64. The van der Waals surface area contributed by atoms with Gasteiger partial charge in [0, 0.05) is 18.9 Å². The molecule has 2 aromatic rings. The Kier molecular flexibility index (Phi) is 7.03. The highest BCUT2D eigenvalue weighted by Gasteiger charge is 2.16. The predicted molar refractivity (Wildman–Crippen MR) is 96.8 cm³/mol. The number of nitrogens with zero attached hydrogens (tertiary/aromatic N) is 1. The molecule has 0 saturated heterocycles. The number of hydrogen-bond acceptors (Lipinski definition) is 6. The van der Waals surface area contributed by atoms with E-state index in [-0.39, 0.29) is 5.91 Å². The molecule has 0 spiro atoms. The predicted octanol–water partition coefficient (Wildman–Crippen LogP) is 3.14. The molecule has 1 aromatic heterocycles. The van der Waals surface area contributed by atoms with Gasteiger partial charge in [-0.3, -0.25) is 4.79 Å². The van der Waals surface area contributed by atoms with E-state index in [1.165, 1.54) is 14.2 Å². The van der Waals surface area contributed by atoms with Crippen LogP contribution in [0.15, 0.2) is 34.9 Å². The van der Waals surface area contributed by atoms with Crippen molar-refractivity contribution in [3.05, 3.63) is 40.5 Å². The lowest BCUT2D eigenvalue weighted by molar-refractivity contribution is 0.102. The van der Waals surface area contributed by atoms with Crippen molar-refractivity contribution in [2.24, 2.45) is 0 Å². The third kappa shape index (κ3) is 4.83. The Morgan fingerprint density at radius 1 is 1.16 bits per heavy atom. The number of carbonyl (C=O) groups excluding carboxylic acids is 1. The normalized spacial score (nSPS) is 10.2. The van der Waals surface area contributed by atoms with E-state index < -0.39 is 0 Å². The smallest absolute Gasteiger partial charge is 0.256 e. The fraction of sp³-hybridized carbons (Fsp3) is 0.294. The SMILES string of the molecule is COCCOc1ncccc1NC(=O)c1cc(OC)c(Br)c(OC)c1. The molecule has 25 heavy (non-hydrogen) atoms. The van der Waals surface area contributed by atoms with Gasteiger partial charge in [-0.25, -0.2) is 4.98 Å². The summed E-state index contributed by atoms with van der Waals surface area (Å²) in [5, 5.41) is 2.78. The summed E-state index contributed by atoms with van der Waals surface area (Å²) in [4.78, 5) is 16.7. The van der Waals surface area contributed by atoms with Gasteiger partial charge in [-0.15, -0.1) is 0 Å². The van der Waals surface area contributed by atoms with Crippen LogP contribution in [0.3, 0.4) is 0 Å². The molecule has 2 rings (SSSR count). The Labute approximate surface area is 154 Å². The molecule has 0 atom stereocenters. The zero-order chi connectivity index (χ0) is 18.2. The van der Waals surface area contributed by atoms with Gasteiger partial charge in [-0.2, -0.15) is 0 Å². The number of halogens is 1. The maximum Gasteiger partial charge on any atom is 0.256 e. The zero-order valence-corrected chi connectivity index (χ0v) is 15.8. The van der Waals surface area contributed by atoms with Crippen LogP contribution < -0.4 is 19.5 Å². The Bertz CT molecular complexity index is 714. The quantitative estimate of drug-likeness (QED) is 0.673. The van der Waals surface area contributed by atoms with Gasteiger partial charge in [0.15, 0.2) is 0 Å². The maximum atomic E-state index is 12.6. The van der Waals surface area contributed by atoms with E-state index in [1.54, 1.807) is 37.6 Å². The number of rotatable bonds is 8. The molecular formula is C17H19BrN2O5. The van der Waals surface area contributed by atoms with E-state index in [4.69, 9.17) is 18.9 Å². The monoisotopic (exact) mass is 410 g/mol. The third-order valence-corrected chi connectivity index (χ3v) is 4.04. The minimum Gasteiger partial charge on any atom is -0.495 e. The average Bonchev–Trinajstić information content (AvgIpc) is 2.63. The van der Waals surface area contributed by atoms with Crippen LogP contribution in [0, 0.1) is 0 Å². The molecule has 0 aliphatic rings. The van der Waals surface area contributed by atoms with Gasteiger partial charge in [0.2, 0.25) is 5.88 Å². The number of anilines is 1.